The first-order chi connectivity index (χ1) is 10.1. The molecule has 2 nitrogen and oxygen atoms in total. The third-order valence-electron chi connectivity index (χ3n) is 3.50. The van der Waals surface area contributed by atoms with Crippen molar-refractivity contribution in [2.24, 2.45) is 0 Å². The lowest BCUT2D eigenvalue weighted by Crippen LogP contribution is -2.23. The predicted octanol–water partition coefficient (Wildman–Crippen LogP) is 4.90. The zero-order valence-corrected chi connectivity index (χ0v) is 15.1. The van der Waals surface area contributed by atoms with Crippen molar-refractivity contribution in [1.82, 2.24) is 10.3 Å². The fraction of sp³-hybridized carbons (Fsp3) is 0.353. The Hall–Kier alpha value is -0.840. The van der Waals surface area contributed by atoms with Gasteiger partial charge < -0.3 is 5.32 Å². The van der Waals surface area contributed by atoms with Crippen LogP contribution in [0.25, 0.3) is 0 Å². The van der Waals surface area contributed by atoms with Gasteiger partial charge in [-0.15, -0.1) is 11.8 Å². The van der Waals surface area contributed by atoms with Gasteiger partial charge in [0.1, 0.15) is 5.03 Å². The van der Waals surface area contributed by atoms with Gasteiger partial charge in [-0.25, -0.2) is 4.98 Å². The Morgan fingerprint density at radius 2 is 2.05 bits per heavy atom. The maximum Gasteiger partial charge on any atom is 0.110 e. The minimum absolute atomic E-state index is 0.341. The van der Waals surface area contributed by atoms with E-state index >= 15 is 0 Å². The molecule has 0 aliphatic rings. The maximum atomic E-state index is 4.42. The van der Waals surface area contributed by atoms with Crippen molar-refractivity contribution in [2.75, 3.05) is 12.3 Å². The molecule has 0 aliphatic heterocycles. The molecule has 112 valence electrons. The first kappa shape index (κ1) is 16.5. The van der Waals surface area contributed by atoms with Gasteiger partial charge in [0.15, 0.2) is 0 Å². The highest BCUT2D eigenvalue weighted by molar-refractivity contribution is 9.10. The number of rotatable bonds is 6. The van der Waals surface area contributed by atoms with Gasteiger partial charge in [-0.2, -0.15) is 0 Å². The minimum Gasteiger partial charge on any atom is -0.309 e. The molecule has 1 N–H and O–H groups in total. The van der Waals surface area contributed by atoms with E-state index in [4.69, 9.17) is 0 Å². The molecular weight excluding hydrogens is 344 g/mol. The topological polar surface area (TPSA) is 24.9 Å². The third kappa shape index (κ3) is 4.56. The number of benzene rings is 1. The lowest BCUT2D eigenvalue weighted by molar-refractivity contribution is 0.605. The molecule has 1 unspecified atom stereocenters. The average Bonchev–Trinajstić information content (AvgIpc) is 2.48. The second-order valence-electron chi connectivity index (χ2n) is 5.06. The van der Waals surface area contributed by atoms with Crippen molar-refractivity contribution in [3.63, 3.8) is 0 Å². The van der Waals surface area contributed by atoms with Crippen LogP contribution in [0, 0.1) is 13.8 Å². The number of hydrogen-bond acceptors (Lipinski definition) is 3. The predicted molar refractivity (Wildman–Crippen MR) is 95.0 cm³/mol. The highest BCUT2D eigenvalue weighted by Gasteiger charge is 2.13. The molecule has 1 heterocycles. The van der Waals surface area contributed by atoms with Gasteiger partial charge in [-0.05, 0) is 65.1 Å². The SMILES string of the molecule is CCNC(CSc1ncccc1Br)c1ccc(C)c(C)c1. The van der Waals surface area contributed by atoms with Crippen LogP contribution in [-0.4, -0.2) is 17.3 Å². The number of halogens is 1. The molecule has 0 radical (unpaired) electrons. The number of nitrogens with one attached hydrogen (secondary N) is 1. The maximum absolute atomic E-state index is 4.42. The van der Waals surface area contributed by atoms with Crippen LogP contribution in [0.3, 0.4) is 0 Å². The monoisotopic (exact) mass is 364 g/mol. The summed E-state index contributed by atoms with van der Waals surface area (Å²) in [5.41, 5.74) is 4.04. The van der Waals surface area contributed by atoms with E-state index in [1.807, 2.05) is 18.3 Å². The first-order valence-electron chi connectivity index (χ1n) is 7.15. The highest BCUT2D eigenvalue weighted by Crippen LogP contribution is 2.29. The first-order valence-corrected chi connectivity index (χ1v) is 8.93. The van der Waals surface area contributed by atoms with Crippen molar-refractivity contribution in [3.05, 3.63) is 57.7 Å². The third-order valence-corrected chi connectivity index (χ3v) is 5.50. The number of thioether (sulfide) groups is 1. The van der Waals surface area contributed by atoms with Gasteiger partial charge in [0.25, 0.3) is 0 Å². The van der Waals surface area contributed by atoms with Crippen LogP contribution in [0.2, 0.25) is 0 Å². The Balaban J connectivity index is 2.12. The number of pyridine rings is 1. The molecule has 0 fully saturated rings. The largest absolute Gasteiger partial charge is 0.309 e. The van der Waals surface area contributed by atoms with Gasteiger partial charge in [-0.1, -0.05) is 25.1 Å². The van der Waals surface area contributed by atoms with E-state index in [1.165, 1.54) is 16.7 Å². The Morgan fingerprint density at radius 1 is 1.24 bits per heavy atom. The Morgan fingerprint density at radius 3 is 2.71 bits per heavy atom. The molecule has 21 heavy (non-hydrogen) atoms. The van der Waals surface area contributed by atoms with E-state index in [0.29, 0.717) is 6.04 Å². The van der Waals surface area contributed by atoms with Crippen LogP contribution in [0.5, 0.6) is 0 Å². The zero-order valence-electron chi connectivity index (χ0n) is 12.7. The van der Waals surface area contributed by atoms with Gasteiger partial charge >= 0.3 is 0 Å². The minimum atomic E-state index is 0.341. The van der Waals surface area contributed by atoms with E-state index < -0.39 is 0 Å². The molecule has 0 saturated heterocycles. The lowest BCUT2D eigenvalue weighted by Gasteiger charge is -2.19. The normalized spacial score (nSPS) is 12.4. The lowest BCUT2D eigenvalue weighted by atomic mass is 10.0. The zero-order chi connectivity index (χ0) is 15.2. The molecule has 1 aromatic heterocycles. The Bertz CT molecular complexity index is 601. The second-order valence-corrected chi connectivity index (χ2v) is 6.92. The van der Waals surface area contributed by atoms with E-state index in [-0.39, 0.29) is 0 Å². The molecular formula is C17H21BrN2S. The summed E-state index contributed by atoms with van der Waals surface area (Å²) in [6.45, 7) is 7.43. The number of hydrogen-bond donors (Lipinski definition) is 1. The summed E-state index contributed by atoms with van der Waals surface area (Å²) in [6.07, 6.45) is 1.84. The number of aromatic nitrogens is 1. The van der Waals surface area contributed by atoms with E-state index in [1.54, 1.807) is 11.8 Å². The van der Waals surface area contributed by atoms with Crippen molar-refractivity contribution in [2.45, 2.75) is 31.8 Å². The summed E-state index contributed by atoms with van der Waals surface area (Å²) in [4.78, 5) is 4.42. The van der Waals surface area contributed by atoms with E-state index in [2.05, 4.69) is 65.2 Å². The molecule has 0 aliphatic carbocycles. The number of aryl methyl sites for hydroxylation is 2. The summed E-state index contributed by atoms with van der Waals surface area (Å²) in [6, 6.07) is 11.0. The fourth-order valence-electron chi connectivity index (χ4n) is 2.14. The van der Waals surface area contributed by atoms with E-state index in [9.17, 15) is 0 Å². The molecule has 4 heteroatoms. The summed E-state index contributed by atoms with van der Waals surface area (Å²) >= 11 is 5.34. The molecule has 0 saturated carbocycles. The van der Waals surface area contributed by atoms with Crippen molar-refractivity contribution >= 4 is 27.7 Å². The highest BCUT2D eigenvalue weighted by atomic mass is 79.9. The molecule has 1 aromatic carbocycles. The quantitative estimate of drug-likeness (QED) is 0.737. The summed E-state index contributed by atoms with van der Waals surface area (Å²) in [7, 11) is 0. The van der Waals surface area contributed by atoms with Gasteiger partial charge in [0.05, 0.1) is 0 Å². The standard InChI is InChI=1S/C17H21BrN2S/c1-4-19-16(14-8-7-12(2)13(3)10-14)11-21-17-15(18)6-5-9-20-17/h5-10,16,19H,4,11H2,1-3H3. The molecule has 1 atom stereocenters. The van der Waals surface area contributed by atoms with Crippen LogP contribution >= 0.6 is 27.7 Å². The summed E-state index contributed by atoms with van der Waals surface area (Å²) in [5, 5.41) is 4.62. The van der Waals surface area contributed by atoms with E-state index in [0.717, 1.165) is 21.8 Å². The van der Waals surface area contributed by atoms with Crippen molar-refractivity contribution in [3.8, 4) is 0 Å². The molecule has 0 bridgehead atoms. The van der Waals surface area contributed by atoms with Gasteiger partial charge in [0.2, 0.25) is 0 Å². The number of nitrogens with zero attached hydrogens (tertiary/aromatic N) is 1. The van der Waals surface area contributed by atoms with Crippen LogP contribution in [-0.2, 0) is 0 Å². The van der Waals surface area contributed by atoms with Crippen LogP contribution in [0.4, 0.5) is 0 Å². The Labute approximate surface area is 139 Å². The fourth-order valence-corrected chi connectivity index (χ4v) is 3.71. The smallest absolute Gasteiger partial charge is 0.110 e. The Kier molecular flexibility index (Phi) is 6.27. The van der Waals surface area contributed by atoms with Crippen LogP contribution < -0.4 is 5.32 Å². The summed E-state index contributed by atoms with van der Waals surface area (Å²) < 4.78 is 1.06. The van der Waals surface area contributed by atoms with Crippen molar-refractivity contribution in [1.29, 1.82) is 0 Å². The average molecular weight is 365 g/mol. The van der Waals surface area contributed by atoms with Crippen LogP contribution in [0.1, 0.15) is 29.7 Å². The van der Waals surface area contributed by atoms with Crippen LogP contribution in [0.15, 0.2) is 46.0 Å². The molecule has 0 spiro atoms. The van der Waals surface area contributed by atoms with Gasteiger partial charge in [-0.3, -0.25) is 0 Å². The second kappa shape index (κ2) is 7.97. The molecule has 2 rings (SSSR count). The molecule has 0 amide bonds. The van der Waals surface area contributed by atoms with Gasteiger partial charge in [0, 0.05) is 22.5 Å². The van der Waals surface area contributed by atoms with Crippen molar-refractivity contribution < 1.29 is 0 Å². The molecule has 2 aromatic rings. The summed E-state index contributed by atoms with van der Waals surface area (Å²) in [5.74, 6) is 0.964.